The average molecular weight is 338 g/mol. The number of carbonyl (C=O) groups is 1. The average Bonchev–Trinajstić information content (AvgIpc) is 2.84. The molecule has 6 heteroatoms. The van der Waals surface area contributed by atoms with Crippen molar-refractivity contribution in [1.82, 2.24) is 20.8 Å². The summed E-state index contributed by atoms with van der Waals surface area (Å²) in [5.41, 5.74) is 1.86. The van der Waals surface area contributed by atoms with Gasteiger partial charge in [-0.05, 0) is 27.2 Å². The van der Waals surface area contributed by atoms with Crippen LogP contribution >= 0.6 is 0 Å². The molecule has 0 bridgehead atoms. The highest BCUT2D eigenvalue weighted by atomic mass is 16.6. The molecular weight excluding hydrogens is 304 g/mol. The molecule has 1 atom stereocenters. The van der Waals surface area contributed by atoms with Crippen LogP contribution in [0.3, 0.4) is 0 Å². The van der Waals surface area contributed by atoms with Crippen LogP contribution < -0.4 is 10.6 Å². The number of rotatable bonds is 7. The lowest BCUT2D eigenvalue weighted by molar-refractivity contribution is 0.0501. The van der Waals surface area contributed by atoms with Crippen LogP contribution in [0.4, 0.5) is 4.79 Å². The fraction of sp³-hybridized carbons (Fsp3) is 0.778. The number of nitrogens with zero attached hydrogens (tertiary/aromatic N) is 1. The van der Waals surface area contributed by atoms with Crippen molar-refractivity contribution in [2.45, 2.75) is 84.9 Å². The molecule has 1 rings (SSSR count). The molecule has 0 aliphatic heterocycles. The van der Waals surface area contributed by atoms with Crippen LogP contribution in [0.2, 0.25) is 0 Å². The molecule has 0 radical (unpaired) electrons. The summed E-state index contributed by atoms with van der Waals surface area (Å²) in [6.45, 7) is 15.6. The molecule has 138 valence electrons. The molecule has 0 saturated carbocycles. The van der Waals surface area contributed by atoms with Gasteiger partial charge in [0, 0.05) is 35.8 Å². The maximum Gasteiger partial charge on any atom is 0.407 e. The van der Waals surface area contributed by atoms with E-state index < -0.39 is 5.60 Å². The van der Waals surface area contributed by atoms with Crippen LogP contribution in [0.1, 0.15) is 72.6 Å². The Morgan fingerprint density at radius 3 is 2.50 bits per heavy atom. The Labute approximate surface area is 146 Å². The van der Waals surface area contributed by atoms with Crippen LogP contribution in [-0.2, 0) is 16.7 Å². The Bertz CT molecular complexity index is 512. The maximum absolute atomic E-state index is 11.9. The Morgan fingerprint density at radius 1 is 1.29 bits per heavy atom. The molecule has 0 aliphatic carbocycles. The number of H-pyrrole nitrogens is 1. The van der Waals surface area contributed by atoms with Crippen molar-refractivity contribution < 1.29 is 9.53 Å². The molecule has 0 fully saturated rings. The molecule has 1 aromatic rings. The van der Waals surface area contributed by atoms with Crippen molar-refractivity contribution in [3.05, 3.63) is 17.5 Å². The van der Waals surface area contributed by atoms with Gasteiger partial charge >= 0.3 is 6.09 Å². The Balaban J connectivity index is 2.53. The summed E-state index contributed by atoms with van der Waals surface area (Å²) < 4.78 is 5.34. The molecule has 0 unspecified atom stereocenters. The van der Waals surface area contributed by atoms with Gasteiger partial charge in [0.1, 0.15) is 5.60 Å². The lowest BCUT2D eigenvalue weighted by Gasteiger charge is -2.24. The van der Waals surface area contributed by atoms with E-state index in [-0.39, 0.29) is 17.6 Å². The first-order valence-electron chi connectivity index (χ1n) is 8.76. The summed E-state index contributed by atoms with van der Waals surface area (Å²) in [7, 11) is 0. The van der Waals surface area contributed by atoms with Crippen LogP contribution in [-0.4, -0.2) is 34.5 Å². The van der Waals surface area contributed by atoms with E-state index in [0.29, 0.717) is 6.54 Å². The van der Waals surface area contributed by atoms with Gasteiger partial charge < -0.3 is 15.4 Å². The number of hydrogen-bond acceptors (Lipinski definition) is 4. The summed E-state index contributed by atoms with van der Waals surface area (Å²) in [6, 6.07) is 0.0508. The first-order valence-corrected chi connectivity index (χ1v) is 8.76. The van der Waals surface area contributed by atoms with E-state index in [1.807, 2.05) is 27.0 Å². The zero-order valence-corrected chi connectivity index (χ0v) is 16.2. The number of aromatic nitrogens is 2. The molecule has 3 N–H and O–H groups in total. The summed E-state index contributed by atoms with van der Waals surface area (Å²) >= 11 is 0. The molecule has 24 heavy (non-hydrogen) atoms. The van der Waals surface area contributed by atoms with Gasteiger partial charge in [-0.15, -0.1) is 0 Å². The third-order valence-corrected chi connectivity index (χ3v) is 3.53. The second-order valence-electron chi connectivity index (χ2n) is 8.28. The number of amides is 1. The standard InChI is InChI=1S/C18H34N4O2/c1-8-9-14(21-16(23)24-18(5,6)7)12-19-10-13-11-20-22-15(13)17(2,3)4/h11,14,19H,8-10,12H2,1-7H3,(H,20,22)(H,21,23)/t14-/m0/s1. The second-order valence-corrected chi connectivity index (χ2v) is 8.28. The largest absolute Gasteiger partial charge is 0.444 e. The molecule has 6 nitrogen and oxygen atoms in total. The normalized spacial score (nSPS) is 13.6. The lowest BCUT2D eigenvalue weighted by Crippen LogP contribution is -2.44. The first-order chi connectivity index (χ1) is 11.0. The predicted molar refractivity (Wildman–Crippen MR) is 97.1 cm³/mol. The van der Waals surface area contributed by atoms with Crippen LogP contribution in [0.25, 0.3) is 0 Å². The van der Waals surface area contributed by atoms with Crippen molar-refractivity contribution in [2.75, 3.05) is 6.54 Å². The van der Waals surface area contributed by atoms with Gasteiger partial charge in [-0.25, -0.2) is 4.79 Å². The number of carbonyl (C=O) groups excluding carboxylic acids is 1. The van der Waals surface area contributed by atoms with E-state index in [1.165, 1.54) is 0 Å². The van der Waals surface area contributed by atoms with Gasteiger partial charge in [0.2, 0.25) is 0 Å². The Hall–Kier alpha value is -1.56. The highest BCUT2D eigenvalue weighted by Crippen LogP contribution is 2.23. The quantitative estimate of drug-likeness (QED) is 0.711. The third-order valence-electron chi connectivity index (χ3n) is 3.53. The molecule has 0 aliphatic rings. The molecule has 1 heterocycles. The predicted octanol–water partition coefficient (Wildman–Crippen LogP) is 3.49. The molecule has 1 amide bonds. The zero-order chi connectivity index (χ0) is 18.4. The SMILES string of the molecule is CCC[C@@H](CNCc1cn[nH]c1C(C)(C)C)NC(=O)OC(C)(C)C. The van der Waals surface area contributed by atoms with E-state index in [0.717, 1.165) is 30.6 Å². The summed E-state index contributed by atoms with van der Waals surface area (Å²) in [6.07, 6.45) is 3.41. The maximum atomic E-state index is 11.9. The number of ether oxygens (including phenoxy) is 1. The lowest BCUT2D eigenvalue weighted by atomic mass is 9.89. The molecule has 1 aromatic heterocycles. The minimum atomic E-state index is -0.479. The van der Waals surface area contributed by atoms with E-state index in [4.69, 9.17) is 4.74 Å². The molecular formula is C18H34N4O2. The van der Waals surface area contributed by atoms with Gasteiger partial charge in [0.05, 0.1) is 6.20 Å². The number of nitrogens with one attached hydrogen (secondary N) is 3. The summed E-state index contributed by atoms with van der Waals surface area (Å²) in [5.74, 6) is 0. The van der Waals surface area contributed by atoms with Crippen molar-refractivity contribution in [1.29, 1.82) is 0 Å². The molecule has 0 aromatic carbocycles. The topological polar surface area (TPSA) is 79.0 Å². The molecule has 0 saturated heterocycles. The summed E-state index contributed by atoms with van der Waals surface area (Å²) in [4.78, 5) is 11.9. The Morgan fingerprint density at radius 2 is 1.96 bits per heavy atom. The van der Waals surface area contributed by atoms with Crippen molar-refractivity contribution in [2.24, 2.45) is 0 Å². The molecule has 0 spiro atoms. The van der Waals surface area contributed by atoms with Gasteiger partial charge in [0.25, 0.3) is 0 Å². The fourth-order valence-electron chi connectivity index (χ4n) is 2.52. The number of alkyl carbamates (subject to hydrolysis) is 1. The van der Waals surface area contributed by atoms with Crippen molar-refractivity contribution in [3.63, 3.8) is 0 Å². The van der Waals surface area contributed by atoms with Crippen molar-refractivity contribution in [3.8, 4) is 0 Å². The van der Waals surface area contributed by atoms with Gasteiger partial charge in [-0.1, -0.05) is 34.1 Å². The second kappa shape index (κ2) is 8.51. The number of hydrogen-bond donors (Lipinski definition) is 3. The monoisotopic (exact) mass is 338 g/mol. The number of aromatic amines is 1. The van der Waals surface area contributed by atoms with Crippen LogP contribution in [0.15, 0.2) is 6.20 Å². The minimum Gasteiger partial charge on any atom is -0.444 e. The Kier molecular flexibility index (Phi) is 7.27. The zero-order valence-electron chi connectivity index (χ0n) is 16.2. The highest BCUT2D eigenvalue weighted by molar-refractivity contribution is 5.68. The smallest absolute Gasteiger partial charge is 0.407 e. The van der Waals surface area contributed by atoms with E-state index in [9.17, 15) is 4.79 Å². The van der Waals surface area contributed by atoms with Gasteiger partial charge in [-0.3, -0.25) is 5.10 Å². The minimum absolute atomic E-state index is 0.0328. The van der Waals surface area contributed by atoms with Crippen LogP contribution in [0, 0.1) is 0 Å². The third kappa shape index (κ3) is 7.34. The van der Waals surface area contributed by atoms with E-state index in [1.54, 1.807) is 0 Å². The fourth-order valence-corrected chi connectivity index (χ4v) is 2.52. The highest BCUT2D eigenvalue weighted by Gasteiger charge is 2.21. The van der Waals surface area contributed by atoms with Crippen LogP contribution in [0.5, 0.6) is 0 Å². The van der Waals surface area contributed by atoms with Gasteiger partial charge in [0.15, 0.2) is 0 Å². The van der Waals surface area contributed by atoms with E-state index >= 15 is 0 Å². The van der Waals surface area contributed by atoms with E-state index in [2.05, 4.69) is 48.5 Å². The summed E-state index contributed by atoms with van der Waals surface area (Å²) in [5, 5.41) is 13.6. The first kappa shape index (κ1) is 20.5. The van der Waals surface area contributed by atoms with Crippen molar-refractivity contribution >= 4 is 6.09 Å². The van der Waals surface area contributed by atoms with Gasteiger partial charge in [-0.2, -0.15) is 5.10 Å².